The van der Waals surface area contributed by atoms with Crippen molar-refractivity contribution in [2.24, 2.45) is 10.9 Å². The molecular weight excluding hydrogens is 492 g/mol. The number of nitro groups is 1. The Labute approximate surface area is 205 Å². The third kappa shape index (κ3) is 7.11. The zero-order valence-electron chi connectivity index (χ0n) is 18.6. The van der Waals surface area contributed by atoms with Crippen molar-refractivity contribution in [2.75, 3.05) is 5.75 Å². The van der Waals surface area contributed by atoms with Crippen LogP contribution in [-0.2, 0) is 21.4 Å². The third-order valence-corrected chi connectivity index (χ3v) is 6.16. The monoisotopic (exact) mass is 512 g/mol. The topological polar surface area (TPSA) is 171 Å². The van der Waals surface area contributed by atoms with Crippen molar-refractivity contribution in [3.63, 3.8) is 0 Å². The van der Waals surface area contributed by atoms with Crippen LogP contribution in [0.1, 0.15) is 15.9 Å². The first-order valence-electron chi connectivity index (χ1n) is 10.2. The fourth-order valence-electron chi connectivity index (χ4n) is 2.83. The number of nitrogens with zero attached hydrogens (tertiary/aromatic N) is 3. The molecule has 3 rings (SSSR count). The molecule has 186 valence electrons. The van der Waals surface area contributed by atoms with Crippen LogP contribution in [-0.4, -0.2) is 41.3 Å². The van der Waals surface area contributed by atoms with Crippen molar-refractivity contribution >= 4 is 33.6 Å². The molecule has 1 amide bonds. The fourth-order valence-corrected chi connectivity index (χ4v) is 4.02. The molecule has 0 saturated carbocycles. The van der Waals surface area contributed by atoms with Gasteiger partial charge in [0.2, 0.25) is 10.0 Å². The molecule has 0 unspecified atom stereocenters. The van der Waals surface area contributed by atoms with Gasteiger partial charge in [-0.05, 0) is 29.8 Å². The normalized spacial score (nSPS) is 11.4. The lowest BCUT2D eigenvalue weighted by atomic mass is 10.2. The summed E-state index contributed by atoms with van der Waals surface area (Å²) in [5.41, 5.74) is 6.07. The van der Waals surface area contributed by atoms with Crippen LogP contribution >= 0.6 is 0 Å². The minimum absolute atomic E-state index is 0.114. The van der Waals surface area contributed by atoms with Gasteiger partial charge in [0.05, 0.1) is 17.0 Å². The summed E-state index contributed by atoms with van der Waals surface area (Å²) < 4.78 is 31.7. The van der Waals surface area contributed by atoms with Crippen molar-refractivity contribution in [1.29, 1.82) is 0 Å². The third-order valence-electron chi connectivity index (χ3n) is 4.55. The number of hydrogen-bond donors (Lipinski definition) is 1. The maximum absolute atomic E-state index is 13.1. The molecule has 0 aliphatic rings. The van der Waals surface area contributed by atoms with E-state index in [1.807, 2.05) is 0 Å². The highest BCUT2D eigenvalue weighted by atomic mass is 32.2. The van der Waals surface area contributed by atoms with Gasteiger partial charge in [0.15, 0.2) is 5.84 Å². The van der Waals surface area contributed by atoms with Gasteiger partial charge >= 0.3 is 12.1 Å². The van der Waals surface area contributed by atoms with Gasteiger partial charge in [0.1, 0.15) is 11.5 Å². The van der Waals surface area contributed by atoms with Gasteiger partial charge in [0.25, 0.3) is 5.69 Å². The van der Waals surface area contributed by atoms with Gasteiger partial charge in [-0.25, -0.2) is 18.0 Å². The number of non-ortho nitro benzene ring substituents is 1. The molecule has 0 bridgehead atoms. The Hall–Kier alpha value is -4.78. The lowest BCUT2D eigenvalue weighted by Gasteiger charge is -2.21. The molecule has 13 heteroatoms. The first-order chi connectivity index (χ1) is 17.2. The Kier molecular flexibility index (Phi) is 8.30. The summed E-state index contributed by atoms with van der Waals surface area (Å²) in [5, 5.41) is 14.2. The number of carbonyl (C=O) groups excluding carboxylic acids is 2. The highest BCUT2D eigenvalue weighted by Gasteiger charge is 2.31. The lowest BCUT2D eigenvalue weighted by Crippen LogP contribution is -2.42. The van der Waals surface area contributed by atoms with E-state index in [2.05, 4.69) is 5.16 Å². The number of hydrogen-bond acceptors (Lipinski definition) is 9. The van der Waals surface area contributed by atoms with Crippen LogP contribution in [0.15, 0.2) is 90.1 Å². The molecule has 0 atom stereocenters. The number of oxime groups is 1. The highest BCUT2D eigenvalue weighted by Crippen LogP contribution is 2.20. The van der Waals surface area contributed by atoms with Crippen molar-refractivity contribution in [1.82, 2.24) is 4.31 Å². The van der Waals surface area contributed by atoms with E-state index in [9.17, 15) is 28.1 Å². The molecular formula is C23H20N4O8S. The molecule has 3 aromatic carbocycles. The van der Waals surface area contributed by atoms with Crippen LogP contribution < -0.4 is 10.5 Å². The number of carbonyl (C=O) groups is 2. The zero-order chi connectivity index (χ0) is 26.1. The van der Waals surface area contributed by atoms with Crippen molar-refractivity contribution < 1.29 is 32.5 Å². The molecule has 36 heavy (non-hydrogen) atoms. The van der Waals surface area contributed by atoms with Gasteiger partial charge in [-0.3, -0.25) is 10.1 Å². The lowest BCUT2D eigenvalue weighted by molar-refractivity contribution is -0.384. The second-order valence-electron chi connectivity index (χ2n) is 7.19. The number of amides is 1. The number of benzene rings is 3. The van der Waals surface area contributed by atoms with E-state index in [-0.39, 0.29) is 17.0 Å². The van der Waals surface area contributed by atoms with Crippen LogP contribution in [0.25, 0.3) is 0 Å². The predicted octanol–water partition coefficient (Wildman–Crippen LogP) is 3.05. The summed E-state index contributed by atoms with van der Waals surface area (Å²) in [6.45, 7) is -0.397. The van der Waals surface area contributed by atoms with Gasteiger partial charge in [-0.2, -0.15) is 4.31 Å². The second-order valence-corrected chi connectivity index (χ2v) is 9.09. The summed E-state index contributed by atoms with van der Waals surface area (Å²) in [5.74, 6) is -2.51. The Bertz CT molecular complexity index is 1360. The van der Waals surface area contributed by atoms with E-state index in [4.69, 9.17) is 15.3 Å². The van der Waals surface area contributed by atoms with Crippen LogP contribution in [0, 0.1) is 10.1 Å². The standard InChI is InChI=1S/C23H20N4O8S/c24-21(25-35-22(28)18-9-5-2-6-10-18)16-36(32,33)26(15-17-7-3-1-4-8-17)23(29)34-20-13-11-19(12-14-20)27(30)31/h1-14H,15-16H2,(H2,24,25). The highest BCUT2D eigenvalue weighted by molar-refractivity contribution is 7.90. The number of rotatable bonds is 9. The minimum atomic E-state index is -4.47. The van der Waals surface area contributed by atoms with Crippen LogP contribution in [0.5, 0.6) is 5.75 Å². The Balaban J connectivity index is 1.78. The predicted molar refractivity (Wildman–Crippen MR) is 128 cm³/mol. The number of nitro benzene ring substituents is 1. The van der Waals surface area contributed by atoms with Gasteiger partial charge in [-0.1, -0.05) is 53.7 Å². The number of ether oxygens (including phenoxy) is 1. The largest absolute Gasteiger partial charge is 0.429 e. The molecule has 3 aromatic rings. The fraction of sp³-hybridized carbons (Fsp3) is 0.0870. The molecule has 2 N–H and O–H groups in total. The van der Waals surface area contributed by atoms with Crippen LogP contribution in [0.3, 0.4) is 0 Å². The summed E-state index contributed by atoms with van der Waals surface area (Å²) >= 11 is 0. The summed E-state index contributed by atoms with van der Waals surface area (Å²) in [7, 11) is -4.47. The first-order valence-corrected chi connectivity index (χ1v) is 11.9. The smallest absolute Gasteiger partial charge is 0.409 e. The zero-order valence-corrected chi connectivity index (χ0v) is 19.4. The van der Waals surface area contributed by atoms with Crippen molar-refractivity contribution in [3.8, 4) is 5.75 Å². The Morgan fingerprint density at radius 3 is 2.11 bits per heavy atom. The van der Waals surface area contributed by atoms with E-state index in [1.54, 1.807) is 48.5 Å². The van der Waals surface area contributed by atoms with Crippen molar-refractivity contribution in [3.05, 3.63) is 106 Å². The van der Waals surface area contributed by atoms with E-state index < -0.39 is 45.1 Å². The quantitative estimate of drug-likeness (QED) is 0.149. The first kappa shape index (κ1) is 25.8. The van der Waals surface area contributed by atoms with Gasteiger partial charge in [0, 0.05) is 12.1 Å². The summed E-state index contributed by atoms with van der Waals surface area (Å²) in [6, 6.07) is 20.6. The molecule has 0 heterocycles. The van der Waals surface area contributed by atoms with E-state index in [0.717, 1.165) is 24.3 Å². The maximum atomic E-state index is 13.1. The molecule has 0 radical (unpaired) electrons. The van der Waals surface area contributed by atoms with Crippen molar-refractivity contribution in [2.45, 2.75) is 6.54 Å². The molecule has 0 spiro atoms. The molecule has 0 aromatic heterocycles. The minimum Gasteiger partial charge on any atom is -0.409 e. The van der Waals surface area contributed by atoms with Gasteiger partial charge < -0.3 is 15.3 Å². The van der Waals surface area contributed by atoms with E-state index in [0.29, 0.717) is 9.87 Å². The van der Waals surface area contributed by atoms with Gasteiger partial charge in [-0.15, -0.1) is 0 Å². The van der Waals surface area contributed by atoms with E-state index >= 15 is 0 Å². The molecule has 12 nitrogen and oxygen atoms in total. The molecule has 0 fully saturated rings. The van der Waals surface area contributed by atoms with Crippen LogP contribution in [0.4, 0.5) is 10.5 Å². The summed E-state index contributed by atoms with van der Waals surface area (Å²) in [6.07, 6.45) is -1.28. The SMILES string of the molecule is NC(CS(=O)(=O)N(Cc1ccccc1)C(=O)Oc1ccc([N+](=O)[O-])cc1)=NOC(=O)c1ccccc1. The maximum Gasteiger partial charge on any atom is 0.429 e. The summed E-state index contributed by atoms with van der Waals surface area (Å²) in [4.78, 5) is 39.7. The average molecular weight is 513 g/mol. The number of sulfonamides is 1. The van der Waals surface area contributed by atoms with E-state index in [1.165, 1.54) is 12.1 Å². The Morgan fingerprint density at radius 2 is 1.53 bits per heavy atom. The number of nitrogens with two attached hydrogens (primary N) is 1. The van der Waals surface area contributed by atoms with Crippen LogP contribution in [0.2, 0.25) is 0 Å². The average Bonchev–Trinajstić information content (AvgIpc) is 2.87. The molecule has 0 aliphatic carbocycles. The second kappa shape index (κ2) is 11.6. The number of amidine groups is 1. The Morgan fingerprint density at radius 1 is 0.944 bits per heavy atom. The molecule has 0 aliphatic heterocycles. The molecule has 0 saturated heterocycles.